The highest BCUT2D eigenvalue weighted by Gasteiger charge is 2.30. The van der Waals surface area contributed by atoms with Gasteiger partial charge in [-0.1, -0.05) is 13.8 Å². The van der Waals surface area contributed by atoms with Gasteiger partial charge in [0, 0.05) is 5.92 Å². The maximum absolute atomic E-state index is 6.20. The van der Waals surface area contributed by atoms with Gasteiger partial charge in [-0.3, -0.25) is 0 Å². The number of ether oxygens (including phenoxy) is 1. The third kappa shape index (κ3) is 2.89. The van der Waals surface area contributed by atoms with Crippen molar-refractivity contribution >= 4 is 5.82 Å². The molecule has 4 heteroatoms. The first-order chi connectivity index (χ1) is 9.52. The van der Waals surface area contributed by atoms with Gasteiger partial charge in [0.25, 0.3) is 0 Å². The van der Waals surface area contributed by atoms with E-state index in [1.54, 1.807) is 0 Å². The summed E-state index contributed by atoms with van der Waals surface area (Å²) in [6.45, 7) is 6.57. The van der Waals surface area contributed by atoms with Crippen LogP contribution < -0.4 is 10.5 Å². The first kappa shape index (κ1) is 13.7. The van der Waals surface area contributed by atoms with Crippen molar-refractivity contribution in [1.29, 1.82) is 0 Å². The Morgan fingerprint density at radius 3 is 2.30 bits per heavy atom. The number of nitrogens with two attached hydrogens (primary N) is 1. The molecule has 0 radical (unpaired) electrons. The van der Waals surface area contributed by atoms with Crippen molar-refractivity contribution in [3.63, 3.8) is 0 Å². The van der Waals surface area contributed by atoms with Gasteiger partial charge in [-0.15, -0.1) is 0 Å². The van der Waals surface area contributed by atoms with Crippen LogP contribution >= 0.6 is 0 Å². The molecule has 1 heterocycles. The van der Waals surface area contributed by atoms with E-state index in [1.165, 1.54) is 19.3 Å². The Morgan fingerprint density at radius 1 is 1.05 bits per heavy atom. The van der Waals surface area contributed by atoms with Crippen molar-refractivity contribution in [2.75, 3.05) is 5.73 Å². The number of aromatic nitrogens is 2. The quantitative estimate of drug-likeness (QED) is 0.917. The third-order valence-electron chi connectivity index (χ3n) is 4.51. The third-order valence-corrected chi connectivity index (χ3v) is 4.51. The molecule has 2 aliphatic rings. The van der Waals surface area contributed by atoms with E-state index in [1.807, 2.05) is 6.92 Å². The Hall–Kier alpha value is -1.32. The van der Waals surface area contributed by atoms with Crippen LogP contribution in [-0.2, 0) is 0 Å². The first-order valence-corrected chi connectivity index (χ1v) is 7.83. The van der Waals surface area contributed by atoms with Gasteiger partial charge in [-0.2, -0.15) is 4.98 Å². The zero-order valence-corrected chi connectivity index (χ0v) is 12.7. The zero-order chi connectivity index (χ0) is 14.3. The average Bonchev–Trinajstić information content (AvgIpc) is 3.17. The molecule has 110 valence electrons. The van der Waals surface area contributed by atoms with Crippen molar-refractivity contribution in [2.45, 2.75) is 64.9 Å². The second-order valence-electron chi connectivity index (χ2n) is 6.83. The van der Waals surface area contributed by atoms with E-state index in [4.69, 9.17) is 10.5 Å². The number of anilines is 1. The Balaban J connectivity index is 1.79. The van der Waals surface area contributed by atoms with E-state index >= 15 is 0 Å². The molecule has 4 nitrogen and oxygen atoms in total. The SMILES string of the molecule is Cc1c(N)nc(C2CC2)nc1OC1CC(C)CC(C)C1. The smallest absolute Gasteiger partial charge is 0.222 e. The monoisotopic (exact) mass is 275 g/mol. The molecule has 0 bridgehead atoms. The summed E-state index contributed by atoms with van der Waals surface area (Å²) in [5, 5.41) is 0. The lowest BCUT2D eigenvalue weighted by Crippen LogP contribution is -2.29. The molecule has 0 saturated heterocycles. The minimum atomic E-state index is 0.272. The Morgan fingerprint density at radius 2 is 1.70 bits per heavy atom. The van der Waals surface area contributed by atoms with Crippen LogP contribution in [0.25, 0.3) is 0 Å². The highest BCUT2D eigenvalue weighted by Crippen LogP contribution is 2.40. The van der Waals surface area contributed by atoms with Crippen molar-refractivity contribution < 1.29 is 4.74 Å². The maximum atomic E-state index is 6.20. The number of nitrogens with zero attached hydrogens (tertiary/aromatic N) is 2. The summed E-state index contributed by atoms with van der Waals surface area (Å²) in [5.74, 6) is 4.13. The Bertz CT molecular complexity index is 489. The van der Waals surface area contributed by atoms with Crippen LogP contribution in [0.4, 0.5) is 5.82 Å². The standard InChI is InChI=1S/C16H25N3O/c1-9-6-10(2)8-13(7-9)20-16-11(3)14(17)18-15(19-16)12-4-5-12/h9-10,12-13H,4-8H2,1-3H3,(H2,17,18,19). The predicted molar refractivity (Wildman–Crippen MR) is 79.8 cm³/mol. The van der Waals surface area contributed by atoms with Crippen LogP contribution in [0.1, 0.15) is 63.3 Å². The summed E-state index contributed by atoms with van der Waals surface area (Å²) in [6.07, 6.45) is 6.17. The largest absolute Gasteiger partial charge is 0.474 e. The van der Waals surface area contributed by atoms with Crippen LogP contribution in [0, 0.1) is 18.8 Å². The zero-order valence-electron chi connectivity index (χ0n) is 12.7. The van der Waals surface area contributed by atoms with Crippen LogP contribution in [0.15, 0.2) is 0 Å². The summed E-state index contributed by atoms with van der Waals surface area (Å²) in [7, 11) is 0. The van der Waals surface area contributed by atoms with Gasteiger partial charge < -0.3 is 10.5 Å². The first-order valence-electron chi connectivity index (χ1n) is 7.83. The van der Waals surface area contributed by atoms with Crippen LogP contribution in [0.5, 0.6) is 5.88 Å². The molecular weight excluding hydrogens is 250 g/mol. The molecular formula is C16H25N3O. The van der Waals surface area contributed by atoms with Gasteiger partial charge in [0.05, 0.1) is 5.56 Å². The van der Waals surface area contributed by atoms with Crippen molar-refractivity contribution in [2.24, 2.45) is 11.8 Å². The van der Waals surface area contributed by atoms with Gasteiger partial charge in [-0.05, 0) is 50.9 Å². The van der Waals surface area contributed by atoms with E-state index in [0.717, 1.165) is 36.1 Å². The highest BCUT2D eigenvalue weighted by atomic mass is 16.5. The molecule has 2 aliphatic carbocycles. The average molecular weight is 275 g/mol. The van der Waals surface area contributed by atoms with Gasteiger partial charge in [0.15, 0.2) is 0 Å². The van der Waals surface area contributed by atoms with Crippen LogP contribution in [0.2, 0.25) is 0 Å². The fraction of sp³-hybridized carbons (Fsp3) is 0.750. The second kappa shape index (κ2) is 5.23. The van der Waals surface area contributed by atoms with Gasteiger partial charge in [-0.25, -0.2) is 4.98 Å². The molecule has 3 rings (SSSR count). The Kier molecular flexibility index (Phi) is 3.57. The Labute approximate surface area is 121 Å². The molecule has 2 saturated carbocycles. The maximum Gasteiger partial charge on any atom is 0.222 e. The van der Waals surface area contributed by atoms with E-state index in [2.05, 4.69) is 23.8 Å². The summed E-state index contributed by atoms with van der Waals surface area (Å²) >= 11 is 0. The number of nitrogen functional groups attached to an aromatic ring is 1. The predicted octanol–water partition coefficient (Wildman–Crippen LogP) is 3.45. The molecule has 0 amide bonds. The topological polar surface area (TPSA) is 61.0 Å². The van der Waals surface area contributed by atoms with Gasteiger partial charge in [0.2, 0.25) is 5.88 Å². The lowest BCUT2D eigenvalue weighted by Gasteiger charge is -2.31. The van der Waals surface area contributed by atoms with Gasteiger partial charge >= 0.3 is 0 Å². The van der Waals surface area contributed by atoms with Crippen LogP contribution in [-0.4, -0.2) is 16.1 Å². The molecule has 2 fully saturated rings. The summed E-state index contributed by atoms with van der Waals surface area (Å²) in [4.78, 5) is 9.03. The lowest BCUT2D eigenvalue weighted by atomic mass is 9.82. The molecule has 0 aromatic carbocycles. The summed E-state index contributed by atoms with van der Waals surface area (Å²) in [5.41, 5.74) is 6.90. The van der Waals surface area contributed by atoms with Crippen molar-refractivity contribution in [1.82, 2.24) is 9.97 Å². The van der Waals surface area contributed by atoms with E-state index in [9.17, 15) is 0 Å². The van der Waals surface area contributed by atoms with E-state index < -0.39 is 0 Å². The summed E-state index contributed by atoms with van der Waals surface area (Å²) < 4.78 is 6.20. The molecule has 1 aromatic rings. The molecule has 2 unspecified atom stereocenters. The fourth-order valence-corrected chi connectivity index (χ4v) is 3.30. The number of hydrogen-bond acceptors (Lipinski definition) is 4. The molecule has 0 aliphatic heterocycles. The van der Waals surface area contributed by atoms with Crippen LogP contribution in [0.3, 0.4) is 0 Å². The normalized spacial score (nSPS) is 30.2. The molecule has 20 heavy (non-hydrogen) atoms. The van der Waals surface area contributed by atoms with Crippen molar-refractivity contribution in [3.05, 3.63) is 11.4 Å². The minimum Gasteiger partial charge on any atom is -0.474 e. The number of rotatable bonds is 3. The molecule has 2 N–H and O–H groups in total. The van der Waals surface area contributed by atoms with E-state index in [-0.39, 0.29) is 6.10 Å². The highest BCUT2D eigenvalue weighted by molar-refractivity contribution is 5.45. The minimum absolute atomic E-state index is 0.272. The molecule has 1 aromatic heterocycles. The van der Waals surface area contributed by atoms with Crippen molar-refractivity contribution in [3.8, 4) is 5.88 Å². The van der Waals surface area contributed by atoms with Gasteiger partial charge in [0.1, 0.15) is 17.7 Å². The van der Waals surface area contributed by atoms with E-state index in [0.29, 0.717) is 17.6 Å². The fourth-order valence-electron chi connectivity index (χ4n) is 3.30. The molecule has 0 spiro atoms. The second-order valence-corrected chi connectivity index (χ2v) is 6.83. The summed E-state index contributed by atoms with van der Waals surface area (Å²) in [6, 6.07) is 0. The number of hydrogen-bond donors (Lipinski definition) is 1. The molecule has 2 atom stereocenters. The lowest BCUT2D eigenvalue weighted by molar-refractivity contribution is 0.0957.